The van der Waals surface area contributed by atoms with E-state index in [4.69, 9.17) is 4.74 Å². The minimum Gasteiger partial charge on any atom is -0.496 e. The molecule has 2 heterocycles. The smallest absolute Gasteiger partial charge is 0.255 e. The van der Waals surface area contributed by atoms with E-state index in [9.17, 15) is 4.79 Å². The van der Waals surface area contributed by atoms with Crippen molar-refractivity contribution in [3.63, 3.8) is 0 Å². The van der Waals surface area contributed by atoms with Crippen molar-refractivity contribution in [3.8, 4) is 5.75 Å². The number of carbonyl (C=O) groups is 1. The number of nitrogens with one attached hydrogen (secondary N) is 1. The Bertz CT molecular complexity index is 872. The van der Waals surface area contributed by atoms with Crippen LogP contribution >= 0.6 is 0 Å². The number of amides is 1. The van der Waals surface area contributed by atoms with Crippen LogP contribution in [0.3, 0.4) is 0 Å². The summed E-state index contributed by atoms with van der Waals surface area (Å²) in [5.74, 6) is 1.33. The summed E-state index contributed by atoms with van der Waals surface area (Å²) in [7, 11) is 1.53. The average Bonchev–Trinajstić information content (AvgIpc) is 2.95. The van der Waals surface area contributed by atoms with Crippen LogP contribution in [0, 0.1) is 13.8 Å². The summed E-state index contributed by atoms with van der Waals surface area (Å²) in [4.78, 5) is 20.9. The summed E-state index contributed by atoms with van der Waals surface area (Å²) in [6, 6.07) is 8.99. The van der Waals surface area contributed by atoms with Gasteiger partial charge in [-0.3, -0.25) is 4.79 Å². The van der Waals surface area contributed by atoms with Gasteiger partial charge in [0.25, 0.3) is 11.7 Å². The lowest BCUT2D eigenvalue weighted by Gasteiger charge is -2.07. The molecule has 1 N–H and O–H groups in total. The van der Waals surface area contributed by atoms with Gasteiger partial charge in [0.2, 0.25) is 0 Å². The van der Waals surface area contributed by atoms with Crippen molar-refractivity contribution in [3.05, 3.63) is 53.1 Å². The predicted molar refractivity (Wildman–Crippen MR) is 84.4 cm³/mol. The maximum atomic E-state index is 12.3. The van der Waals surface area contributed by atoms with E-state index in [0.29, 0.717) is 22.9 Å². The lowest BCUT2D eigenvalue weighted by molar-refractivity contribution is 0.0947. The van der Waals surface area contributed by atoms with Gasteiger partial charge < -0.3 is 10.1 Å². The molecule has 3 rings (SSSR count). The molecule has 118 valence electrons. The first-order valence-corrected chi connectivity index (χ1v) is 7.19. The number of para-hydroxylation sites is 1. The van der Waals surface area contributed by atoms with E-state index in [2.05, 4.69) is 20.4 Å². The van der Waals surface area contributed by atoms with Gasteiger partial charge in [-0.25, -0.2) is 9.50 Å². The van der Waals surface area contributed by atoms with Crippen molar-refractivity contribution in [2.45, 2.75) is 20.4 Å². The van der Waals surface area contributed by atoms with Crippen molar-refractivity contribution in [1.29, 1.82) is 0 Å². The molecule has 7 heteroatoms. The Morgan fingerprint density at radius 3 is 2.83 bits per heavy atom. The molecule has 7 nitrogen and oxygen atoms in total. The Kier molecular flexibility index (Phi) is 3.92. The minimum atomic E-state index is -0.234. The summed E-state index contributed by atoms with van der Waals surface area (Å²) < 4.78 is 6.85. The van der Waals surface area contributed by atoms with Crippen LogP contribution in [0.25, 0.3) is 5.78 Å². The first-order chi connectivity index (χ1) is 11.1. The van der Waals surface area contributed by atoms with Crippen LogP contribution in [0.4, 0.5) is 0 Å². The third kappa shape index (κ3) is 2.98. The molecule has 0 aliphatic heterocycles. The number of hydrogen-bond donors (Lipinski definition) is 1. The maximum absolute atomic E-state index is 12.3. The molecule has 0 saturated carbocycles. The number of ether oxygens (including phenoxy) is 1. The molecule has 0 radical (unpaired) electrons. The van der Waals surface area contributed by atoms with E-state index in [1.54, 1.807) is 22.7 Å². The second-order valence-corrected chi connectivity index (χ2v) is 5.16. The fraction of sp³-hybridized carbons (Fsp3) is 0.250. The molecule has 0 fully saturated rings. The molecule has 0 bridgehead atoms. The molecule has 1 aromatic carbocycles. The van der Waals surface area contributed by atoms with E-state index < -0.39 is 0 Å². The van der Waals surface area contributed by atoms with Crippen LogP contribution in [0.15, 0.2) is 30.3 Å². The van der Waals surface area contributed by atoms with Gasteiger partial charge >= 0.3 is 0 Å². The SMILES string of the molecule is COc1ccccc1C(=O)NCc1nc2nc(C)cc(C)n2n1. The van der Waals surface area contributed by atoms with Crippen LogP contribution in [0.1, 0.15) is 27.6 Å². The van der Waals surface area contributed by atoms with Crippen molar-refractivity contribution >= 4 is 11.7 Å². The van der Waals surface area contributed by atoms with E-state index in [0.717, 1.165) is 11.4 Å². The second kappa shape index (κ2) is 6.04. The molecule has 0 aliphatic rings. The number of hydrogen-bond acceptors (Lipinski definition) is 5. The summed E-state index contributed by atoms with van der Waals surface area (Å²) >= 11 is 0. The lowest BCUT2D eigenvalue weighted by atomic mass is 10.2. The van der Waals surface area contributed by atoms with Crippen LogP contribution in [0.5, 0.6) is 5.75 Å². The molecule has 3 aromatic rings. The molecule has 1 amide bonds. The molecule has 0 aliphatic carbocycles. The van der Waals surface area contributed by atoms with Crippen molar-refractivity contribution in [2.75, 3.05) is 7.11 Å². The molecular weight excluding hydrogens is 294 g/mol. The third-order valence-corrected chi connectivity index (χ3v) is 3.42. The highest BCUT2D eigenvalue weighted by atomic mass is 16.5. The number of carbonyl (C=O) groups excluding carboxylic acids is 1. The maximum Gasteiger partial charge on any atom is 0.255 e. The Morgan fingerprint density at radius 1 is 1.26 bits per heavy atom. The van der Waals surface area contributed by atoms with Gasteiger partial charge in [-0.15, -0.1) is 5.10 Å². The van der Waals surface area contributed by atoms with Crippen LogP contribution in [-0.4, -0.2) is 32.6 Å². The predicted octanol–water partition coefficient (Wildman–Crippen LogP) is 1.68. The van der Waals surface area contributed by atoms with Crippen molar-refractivity contribution in [1.82, 2.24) is 24.9 Å². The number of aromatic nitrogens is 4. The normalized spacial score (nSPS) is 10.7. The molecule has 0 spiro atoms. The Labute approximate surface area is 133 Å². The van der Waals surface area contributed by atoms with Gasteiger partial charge in [-0.1, -0.05) is 12.1 Å². The highest BCUT2D eigenvalue weighted by Gasteiger charge is 2.13. The number of methoxy groups -OCH3 is 1. The molecular formula is C16H17N5O2. The number of rotatable bonds is 4. The van der Waals surface area contributed by atoms with Crippen molar-refractivity contribution in [2.24, 2.45) is 0 Å². The minimum absolute atomic E-state index is 0.221. The number of benzene rings is 1. The standard InChI is InChI=1S/C16H17N5O2/c1-10-8-11(2)21-16(18-10)19-14(20-21)9-17-15(22)12-6-4-5-7-13(12)23-3/h4-8H,9H2,1-3H3,(H,17,22). The Hall–Kier alpha value is -2.96. The van der Waals surface area contributed by atoms with Crippen molar-refractivity contribution < 1.29 is 9.53 Å². The van der Waals surface area contributed by atoms with E-state index in [-0.39, 0.29) is 12.5 Å². The molecule has 0 saturated heterocycles. The van der Waals surface area contributed by atoms with Gasteiger partial charge in [0.15, 0.2) is 5.82 Å². The quantitative estimate of drug-likeness (QED) is 0.793. The van der Waals surface area contributed by atoms with Gasteiger partial charge in [0.1, 0.15) is 5.75 Å². The average molecular weight is 311 g/mol. The summed E-state index contributed by atoms with van der Waals surface area (Å²) in [5, 5.41) is 7.16. The van der Waals surface area contributed by atoms with Crippen LogP contribution < -0.4 is 10.1 Å². The molecule has 2 aromatic heterocycles. The van der Waals surface area contributed by atoms with Gasteiger partial charge in [0, 0.05) is 11.4 Å². The van der Waals surface area contributed by atoms with Crippen LogP contribution in [0.2, 0.25) is 0 Å². The first kappa shape index (κ1) is 15.0. The fourth-order valence-electron chi connectivity index (χ4n) is 2.37. The summed E-state index contributed by atoms with van der Waals surface area (Å²) in [5.41, 5.74) is 2.30. The zero-order chi connectivity index (χ0) is 16.4. The number of aryl methyl sites for hydroxylation is 2. The molecule has 0 unspecified atom stereocenters. The van der Waals surface area contributed by atoms with E-state index in [1.165, 1.54) is 7.11 Å². The largest absolute Gasteiger partial charge is 0.496 e. The lowest BCUT2D eigenvalue weighted by Crippen LogP contribution is -2.24. The zero-order valence-electron chi connectivity index (χ0n) is 13.2. The molecule has 0 atom stereocenters. The molecule has 23 heavy (non-hydrogen) atoms. The second-order valence-electron chi connectivity index (χ2n) is 5.16. The Balaban J connectivity index is 1.78. The topological polar surface area (TPSA) is 81.4 Å². The third-order valence-electron chi connectivity index (χ3n) is 3.42. The highest BCUT2D eigenvalue weighted by molar-refractivity contribution is 5.96. The Morgan fingerprint density at radius 2 is 2.04 bits per heavy atom. The van der Waals surface area contributed by atoms with Gasteiger partial charge in [-0.05, 0) is 32.0 Å². The number of fused-ring (bicyclic) bond motifs is 1. The van der Waals surface area contributed by atoms with E-state index >= 15 is 0 Å². The summed E-state index contributed by atoms with van der Waals surface area (Å²) in [6.45, 7) is 4.07. The monoisotopic (exact) mass is 311 g/mol. The fourth-order valence-corrected chi connectivity index (χ4v) is 2.37. The zero-order valence-corrected chi connectivity index (χ0v) is 13.2. The van der Waals surface area contributed by atoms with Gasteiger partial charge in [-0.2, -0.15) is 4.98 Å². The van der Waals surface area contributed by atoms with Gasteiger partial charge in [0.05, 0.1) is 19.2 Å². The number of nitrogens with zero attached hydrogens (tertiary/aromatic N) is 4. The van der Waals surface area contributed by atoms with Crippen LogP contribution in [-0.2, 0) is 6.54 Å². The first-order valence-electron chi connectivity index (χ1n) is 7.19. The summed E-state index contributed by atoms with van der Waals surface area (Å²) in [6.07, 6.45) is 0. The van der Waals surface area contributed by atoms with E-state index in [1.807, 2.05) is 26.0 Å². The highest BCUT2D eigenvalue weighted by Crippen LogP contribution is 2.17.